The third kappa shape index (κ3) is 10.4. The molecule has 17 nitrogen and oxygen atoms in total. The van der Waals surface area contributed by atoms with Gasteiger partial charge in [0.2, 0.25) is 5.91 Å². The Morgan fingerprint density at radius 3 is 1.97 bits per heavy atom. The fourth-order valence-corrected chi connectivity index (χ4v) is 8.29. The van der Waals surface area contributed by atoms with Crippen molar-refractivity contribution in [1.29, 1.82) is 0 Å². The van der Waals surface area contributed by atoms with E-state index in [1.54, 1.807) is 45.0 Å². The monoisotopic (exact) mass is 896 g/mol. The van der Waals surface area contributed by atoms with Crippen LogP contribution < -0.4 is 15.4 Å². The van der Waals surface area contributed by atoms with Crippen LogP contribution >= 0.6 is 0 Å². The molecule has 6 rings (SSSR count). The zero-order chi connectivity index (χ0) is 47.2. The summed E-state index contributed by atoms with van der Waals surface area (Å²) < 4.78 is 23.1. The SMILES string of the molecule is CC1=C(C)C(=O)C(C(C)(C)CCN(C)CCN(CCOCCOCCC(=O)NCCNC(=O)c2ccc3c(c2)C(=O)OC32c3ccc(O)cc3Oc3cc(O)ccc32)C(=O)O)=C(C)C1=O. The highest BCUT2D eigenvalue weighted by atomic mass is 16.6. The maximum absolute atomic E-state index is 13.4. The quantitative estimate of drug-likeness (QED) is 0.0567. The lowest BCUT2D eigenvalue weighted by Gasteiger charge is -2.36. The van der Waals surface area contributed by atoms with Gasteiger partial charge in [0.05, 0.1) is 32.0 Å². The Bertz CT molecular complexity index is 2400. The van der Waals surface area contributed by atoms with E-state index in [0.29, 0.717) is 58.5 Å². The topological polar surface area (TPSA) is 231 Å². The molecule has 3 aromatic rings. The fourth-order valence-electron chi connectivity index (χ4n) is 8.29. The number of amides is 3. The van der Waals surface area contributed by atoms with Crippen molar-refractivity contribution in [3.63, 3.8) is 0 Å². The number of fused-ring (bicyclic) bond motifs is 6. The van der Waals surface area contributed by atoms with Gasteiger partial charge in [-0.05, 0) is 82.6 Å². The number of ether oxygens (including phenoxy) is 4. The number of ketones is 2. The first-order valence-electron chi connectivity index (χ1n) is 21.4. The van der Waals surface area contributed by atoms with Crippen molar-refractivity contribution in [2.75, 3.05) is 72.7 Å². The summed E-state index contributed by atoms with van der Waals surface area (Å²) in [6, 6.07) is 13.5. The molecule has 1 spiro atoms. The van der Waals surface area contributed by atoms with Crippen LogP contribution in [0.4, 0.5) is 4.79 Å². The molecule has 17 heteroatoms. The van der Waals surface area contributed by atoms with Gasteiger partial charge in [-0.3, -0.25) is 19.2 Å². The summed E-state index contributed by atoms with van der Waals surface area (Å²) in [5.74, 6) is -1.28. The number of nitrogens with zero attached hydrogens (tertiary/aromatic N) is 2. The summed E-state index contributed by atoms with van der Waals surface area (Å²) in [6.07, 6.45) is -0.400. The summed E-state index contributed by atoms with van der Waals surface area (Å²) in [4.78, 5) is 79.8. The van der Waals surface area contributed by atoms with E-state index in [9.17, 15) is 44.1 Å². The van der Waals surface area contributed by atoms with Gasteiger partial charge in [-0.25, -0.2) is 9.59 Å². The number of aromatic hydroxyl groups is 2. The number of phenols is 2. The number of carbonyl (C=O) groups is 6. The van der Waals surface area contributed by atoms with Gasteiger partial charge in [0.25, 0.3) is 5.91 Å². The molecule has 3 aliphatic rings. The second-order valence-corrected chi connectivity index (χ2v) is 17.0. The summed E-state index contributed by atoms with van der Waals surface area (Å²) in [7, 11) is 1.88. The van der Waals surface area contributed by atoms with Gasteiger partial charge >= 0.3 is 12.1 Å². The predicted molar refractivity (Wildman–Crippen MR) is 236 cm³/mol. The van der Waals surface area contributed by atoms with Crippen LogP contribution in [0, 0.1) is 5.41 Å². The maximum Gasteiger partial charge on any atom is 0.407 e. The van der Waals surface area contributed by atoms with Crippen molar-refractivity contribution in [2.45, 2.75) is 53.1 Å². The van der Waals surface area contributed by atoms with Crippen LogP contribution in [0.5, 0.6) is 23.0 Å². The minimum atomic E-state index is -1.45. The van der Waals surface area contributed by atoms with Gasteiger partial charge in [0, 0.05) is 95.8 Å². The number of carbonyl (C=O) groups excluding carboxylic acids is 5. The largest absolute Gasteiger partial charge is 0.508 e. The molecule has 3 amide bonds. The molecule has 0 radical (unpaired) electrons. The first kappa shape index (κ1) is 47.9. The van der Waals surface area contributed by atoms with Crippen LogP contribution in [0.25, 0.3) is 0 Å². The standard InChI is InChI=1S/C48H56N4O13/c1-28-29(2)43(57)41(30(3)42(28)56)47(4,5)14-17-51(6)18-19-52(46(60)61)20-22-63-24-23-62-21-13-40(55)49-15-16-50-44(58)31-7-10-35-34(25-31)45(59)65-48(35)36-11-8-32(53)26-38(36)64-39-27-33(54)9-12-37(39)48/h7-12,25-27,53-54H,13-24H2,1-6H3,(H,49,55)(H,50,58)(H,60,61). The Hall–Kier alpha value is -6.56. The molecule has 0 bridgehead atoms. The number of phenolic OH excluding ortho intramolecular Hbond substituents is 2. The number of carboxylic acid groups (broad SMARTS) is 1. The van der Waals surface area contributed by atoms with E-state index < -0.39 is 29.0 Å². The molecule has 65 heavy (non-hydrogen) atoms. The Balaban J connectivity index is 0.855. The molecule has 1 aliphatic carbocycles. The van der Waals surface area contributed by atoms with Crippen LogP contribution in [0.3, 0.4) is 0 Å². The third-order valence-corrected chi connectivity index (χ3v) is 12.1. The molecule has 0 saturated heterocycles. The van der Waals surface area contributed by atoms with Crippen LogP contribution in [-0.2, 0) is 34.2 Å². The third-order valence-electron chi connectivity index (χ3n) is 12.1. The van der Waals surface area contributed by atoms with Crippen molar-refractivity contribution in [2.24, 2.45) is 5.41 Å². The lowest BCUT2D eigenvalue weighted by molar-refractivity contribution is -0.122. The highest BCUT2D eigenvalue weighted by molar-refractivity contribution is 6.25. The van der Waals surface area contributed by atoms with Crippen molar-refractivity contribution >= 4 is 35.4 Å². The maximum atomic E-state index is 13.4. The van der Waals surface area contributed by atoms with Crippen LogP contribution in [0.15, 0.2) is 76.9 Å². The number of hydrogen-bond acceptors (Lipinski definition) is 13. The molecule has 0 fully saturated rings. The van der Waals surface area contributed by atoms with Crippen LogP contribution in [0.2, 0.25) is 0 Å². The molecule has 346 valence electrons. The number of Topliss-reactive ketones (excluding diaryl/α,β-unsaturated/α-hetero) is 2. The summed E-state index contributed by atoms with van der Waals surface area (Å²) in [6.45, 7) is 11.4. The molecule has 5 N–H and O–H groups in total. The molecule has 2 aliphatic heterocycles. The number of nitrogens with one attached hydrogen (secondary N) is 2. The van der Waals surface area contributed by atoms with E-state index in [0.717, 1.165) is 0 Å². The molecular weight excluding hydrogens is 841 g/mol. The molecule has 0 aromatic heterocycles. The van der Waals surface area contributed by atoms with E-state index in [1.165, 1.54) is 35.2 Å². The highest BCUT2D eigenvalue weighted by Crippen LogP contribution is 2.57. The van der Waals surface area contributed by atoms with Crippen LogP contribution in [0.1, 0.15) is 84.9 Å². The molecule has 0 saturated carbocycles. The average Bonchev–Trinajstić information content (AvgIpc) is 3.55. The van der Waals surface area contributed by atoms with Crippen molar-refractivity contribution in [1.82, 2.24) is 20.4 Å². The van der Waals surface area contributed by atoms with Gasteiger partial charge in [0.1, 0.15) is 23.0 Å². The summed E-state index contributed by atoms with van der Waals surface area (Å²) >= 11 is 0. The number of allylic oxidation sites excluding steroid dienone is 4. The smallest absolute Gasteiger partial charge is 0.407 e. The minimum absolute atomic E-state index is 0.0651. The van der Waals surface area contributed by atoms with Gasteiger partial charge in [0.15, 0.2) is 17.2 Å². The summed E-state index contributed by atoms with van der Waals surface area (Å²) in [5, 5.41) is 35.4. The zero-order valence-electron chi connectivity index (χ0n) is 37.5. The van der Waals surface area contributed by atoms with E-state index in [-0.39, 0.29) is 111 Å². The molecule has 3 aromatic carbocycles. The van der Waals surface area contributed by atoms with Crippen molar-refractivity contribution < 1.29 is 63.0 Å². The molecule has 0 atom stereocenters. The number of likely N-dealkylation sites (N-methyl/N-ethyl adjacent to an activating group) is 1. The number of rotatable bonds is 20. The second-order valence-electron chi connectivity index (χ2n) is 17.0. The van der Waals surface area contributed by atoms with E-state index >= 15 is 0 Å². The minimum Gasteiger partial charge on any atom is -0.508 e. The van der Waals surface area contributed by atoms with Gasteiger partial charge in [-0.1, -0.05) is 19.9 Å². The number of benzene rings is 3. The first-order chi connectivity index (χ1) is 30.8. The van der Waals surface area contributed by atoms with E-state index in [2.05, 4.69) is 10.6 Å². The highest BCUT2D eigenvalue weighted by Gasteiger charge is 2.54. The number of hydrogen-bond donors (Lipinski definition) is 5. The lowest BCUT2D eigenvalue weighted by Crippen LogP contribution is -2.40. The van der Waals surface area contributed by atoms with Gasteiger partial charge < -0.3 is 54.7 Å². The fraction of sp³-hybridized carbons (Fsp3) is 0.417. The van der Waals surface area contributed by atoms with Crippen LogP contribution in [-0.4, -0.2) is 133 Å². The average molecular weight is 897 g/mol. The lowest BCUT2D eigenvalue weighted by atomic mass is 9.71. The predicted octanol–water partition coefficient (Wildman–Crippen LogP) is 5.07. The zero-order valence-corrected chi connectivity index (χ0v) is 37.5. The van der Waals surface area contributed by atoms with Crippen molar-refractivity contribution in [3.05, 3.63) is 105 Å². The number of esters is 1. The molecule has 2 heterocycles. The second kappa shape index (κ2) is 20.1. The Morgan fingerprint density at radius 2 is 1.32 bits per heavy atom. The Labute approximate surface area is 377 Å². The van der Waals surface area contributed by atoms with Gasteiger partial charge in [-0.2, -0.15) is 0 Å². The Morgan fingerprint density at radius 1 is 0.723 bits per heavy atom. The van der Waals surface area contributed by atoms with E-state index in [4.69, 9.17) is 18.9 Å². The molecule has 0 unspecified atom stereocenters. The first-order valence-corrected chi connectivity index (χ1v) is 21.4. The molecular formula is C48H56N4O13. The van der Waals surface area contributed by atoms with Gasteiger partial charge in [-0.15, -0.1) is 0 Å². The van der Waals surface area contributed by atoms with Crippen molar-refractivity contribution in [3.8, 4) is 23.0 Å². The van der Waals surface area contributed by atoms with E-state index in [1.807, 2.05) is 25.8 Å². The Kier molecular flexibility index (Phi) is 14.8. The normalized spacial score (nSPS) is 15.1. The summed E-state index contributed by atoms with van der Waals surface area (Å²) in [5.41, 5.74) is 1.75.